The Kier molecular flexibility index (Phi) is 3.41. The third-order valence-corrected chi connectivity index (χ3v) is 2.79. The van der Waals surface area contributed by atoms with Gasteiger partial charge in [-0.25, -0.2) is 0 Å². The molecule has 1 unspecified atom stereocenters. The van der Waals surface area contributed by atoms with Crippen LogP contribution in [-0.2, 0) is 4.79 Å². The fraction of sp³-hybridized carbons (Fsp3) is 0.417. The Morgan fingerprint density at radius 2 is 2.56 bits per heavy atom. The van der Waals surface area contributed by atoms with Crippen molar-refractivity contribution >= 4 is 12.0 Å². The van der Waals surface area contributed by atoms with Crippen molar-refractivity contribution in [3.05, 3.63) is 30.2 Å². The highest BCUT2D eigenvalue weighted by Gasteiger charge is 2.23. The van der Waals surface area contributed by atoms with E-state index in [0.29, 0.717) is 12.3 Å². The molecule has 1 atom stereocenters. The summed E-state index contributed by atoms with van der Waals surface area (Å²) in [6.45, 7) is 1.54. The second-order valence-corrected chi connectivity index (χ2v) is 3.97. The average molecular weight is 221 g/mol. The number of amides is 1. The van der Waals surface area contributed by atoms with Crippen molar-refractivity contribution in [1.29, 1.82) is 0 Å². The number of likely N-dealkylation sites (tertiary alicyclic amines) is 1. The van der Waals surface area contributed by atoms with Gasteiger partial charge in [-0.3, -0.25) is 4.79 Å². The monoisotopic (exact) mass is 221 g/mol. The van der Waals surface area contributed by atoms with Gasteiger partial charge in [-0.1, -0.05) is 0 Å². The number of aliphatic hydroxyl groups excluding tert-OH is 1. The highest BCUT2D eigenvalue weighted by molar-refractivity contribution is 5.91. The zero-order valence-corrected chi connectivity index (χ0v) is 9.00. The number of carbonyl (C=O) groups is 1. The van der Waals surface area contributed by atoms with E-state index in [-0.39, 0.29) is 18.4 Å². The maximum Gasteiger partial charge on any atom is 0.246 e. The minimum atomic E-state index is -0.0210. The topological polar surface area (TPSA) is 53.7 Å². The van der Waals surface area contributed by atoms with Gasteiger partial charge in [-0.05, 0) is 24.6 Å². The maximum absolute atomic E-state index is 11.7. The molecule has 1 aromatic heterocycles. The molecule has 16 heavy (non-hydrogen) atoms. The molecule has 0 bridgehead atoms. The predicted octanol–water partition coefficient (Wildman–Crippen LogP) is 1.13. The second kappa shape index (κ2) is 4.99. The molecule has 4 heteroatoms. The quantitative estimate of drug-likeness (QED) is 0.778. The molecular formula is C12H15NO3. The summed E-state index contributed by atoms with van der Waals surface area (Å²) >= 11 is 0. The molecule has 2 heterocycles. The zero-order chi connectivity index (χ0) is 11.4. The van der Waals surface area contributed by atoms with E-state index in [4.69, 9.17) is 9.52 Å². The normalized spacial score (nSPS) is 20.8. The number of furan rings is 1. The molecular weight excluding hydrogens is 206 g/mol. The molecule has 0 aliphatic carbocycles. The summed E-state index contributed by atoms with van der Waals surface area (Å²) in [6.07, 6.45) is 5.63. The van der Waals surface area contributed by atoms with Crippen molar-refractivity contribution < 1.29 is 14.3 Å². The van der Waals surface area contributed by atoms with Gasteiger partial charge >= 0.3 is 0 Å². The first-order valence-electron chi connectivity index (χ1n) is 5.41. The molecule has 0 radical (unpaired) electrons. The number of aliphatic hydroxyl groups is 1. The standard InChI is InChI=1S/C12H15NO3/c14-9-10-5-6-13(8-10)12(15)4-3-11-2-1-7-16-11/h1-4,7,10,14H,5-6,8-9H2. The largest absolute Gasteiger partial charge is 0.465 e. The third-order valence-electron chi connectivity index (χ3n) is 2.79. The smallest absolute Gasteiger partial charge is 0.246 e. The SMILES string of the molecule is O=C(C=Cc1ccco1)N1CCC(CO)C1. The van der Waals surface area contributed by atoms with Gasteiger partial charge in [0, 0.05) is 31.7 Å². The molecule has 1 aliphatic rings. The third kappa shape index (κ3) is 2.52. The Hall–Kier alpha value is -1.55. The van der Waals surface area contributed by atoms with Crippen LogP contribution in [0.15, 0.2) is 28.9 Å². The fourth-order valence-corrected chi connectivity index (χ4v) is 1.83. The Morgan fingerprint density at radius 3 is 3.19 bits per heavy atom. The summed E-state index contributed by atoms with van der Waals surface area (Å²) < 4.78 is 5.09. The van der Waals surface area contributed by atoms with Crippen LogP contribution in [0, 0.1) is 5.92 Å². The molecule has 1 aromatic rings. The van der Waals surface area contributed by atoms with Crippen molar-refractivity contribution in [2.45, 2.75) is 6.42 Å². The number of hydrogen-bond donors (Lipinski definition) is 1. The van der Waals surface area contributed by atoms with Gasteiger partial charge in [-0.2, -0.15) is 0 Å². The van der Waals surface area contributed by atoms with E-state index < -0.39 is 0 Å². The Bertz CT molecular complexity index is 370. The van der Waals surface area contributed by atoms with Gasteiger partial charge in [0.05, 0.1) is 6.26 Å². The zero-order valence-electron chi connectivity index (χ0n) is 9.00. The molecule has 4 nitrogen and oxygen atoms in total. The van der Waals surface area contributed by atoms with E-state index >= 15 is 0 Å². The number of hydrogen-bond acceptors (Lipinski definition) is 3. The van der Waals surface area contributed by atoms with E-state index in [1.165, 1.54) is 6.08 Å². The lowest BCUT2D eigenvalue weighted by Crippen LogP contribution is -2.27. The highest BCUT2D eigenvalue weighted by Crippen LogP contribution is 2.15. The molecule has 2 rings (SSSR count). The summed E-state index contributed by atoms with van der Waals surface area (Å²) in [5, 5.41) is 8.97. The summed E-state index contributed by atoms with van der Waals surface area (Å²) in [7, 11) is 0. The lowest BCUT2D eigenvalue weighted by Gasteiger charge is -2.13. The van der Waals surface area contributed by atoms with Crippen molar-refractivity contribution in [1.82, 2.24) is 4.90 Å². The molecule has 1 aliphatic heterocycles. The summed E-state index contributed by atoms with van der Waals surface area (Å²) in [5.41, 5.74) is 0. The fourth-order valence-electron chi connectivity index (χ4n) is 1.83. The first-order chi connectivity index (χ1) is 7.79. The van der Waals surface area contributed by atoms with Crippen LogP contribution in [0.2, 0.25) is 0 Å². The maximum atomic E-state index is 11.7. The molecule has 86 valence electrons. The van der Waals surface area contributed by atoms with Crippen molar-refractivity contribution in [2.75, 3.05) is 19.7 Å². The lowest BCUT2D eigenvalue weighted by molar-refractivity contribution is -0.125. The number of rotatable bonds is 3. The Balaban J connectivity index is 1.89. The average Bonchev–Trinajstić information content (AvgIpc) is 2.96. The molecule has 1 fully saturated rings. The molecule has 0 saturated carbocycles. The lowest BCUT2D eigenvalue weighted by atomic mass is 10.1. The van der Waals surface area contributed by atoms with Gasteiger partial charge in [0.2, 0.25) is 5.91 Å². The van der Waals surface area contributed by atoms with Gasteiger partial charge in [0.25, 0.3) is 0 Å². The van der Waals surface area contributed by atoms with Crippen molar-refractivity contribution in [2.24, 2.45) is 5.92 Å². The minimum absolute atomic E-state index is 0.0210. The van der Waals surface area contributed by atoms with E-state index in [0.717, 1.165) is 13.0 Å². The molecule has 1 saturated heterocycles. The van der Waals surface area contributed by atoms with Crippen LogP contribution in [0.4, 0.5) is 0 Å². The summed E-state index contributed by atoms with van der Waals surface area (Å²) in [5.74, 6) is 0.888. The number of carbonyl (C=O) groups excluding carboxylic acids is 1. The molecule has 1 N–H and O–H groups in total. The van der Waals surface area contributed by atoms with Crippen LogP contribution in [-0.4, -0.2) is 35.6 Å². The molecule has 0 aromatic carbocycles. The highest BCUT2D eigenvalue weighted by atomic mass is 16.3. The van der Waals surface area contributed by atoms with Crippen LogP contribution in [0.25, 0.3) is 6.08 Å². The molecule has 0 spiro atoms. The van der Waals surface area contributed by atoms with Gasteiger partial charge in [0.1, 0.15) is 5.76 Å². The number of nitrogens with zero attached hydrogens (tertiary/aromatic N) is 1. The summed E-state index contributed by atoms with van der Waals surface area (Å²) in [6, 6.07) is 3.58. The van der Waals surface area contributed by atoms with Crippen molar-refractivity contribution in [3.8, 4) is 0 Å². The van der Waals surface area contributed by atoms with E-state index in [1.807, 2.05) is 0 Å². The van der Waals surface area contributed by atoms with Gasteiger partial charge in [-0.15, -0.1) is 0 Å². The van der Waals surface area contributed by atoms with Crippen LogP contribution >= 0.6 is 0 Å². The predicted molar refractivity (Wildman–Crippen MR) is 59.5 cm³/mol. The van der Waals surface area contributed by atoms with Gasteiger partial charge in [0.15, 0.2) is 0 Å². The van der Waals surface area contributed by atoms with Gasteiger partial charge < -0.3 is 14.4 Å². The van der Waals surface area contributed by atoms with Crippen molar-refractivity contribution in [3.63, 3.8) is 0 Å². The first-order valence-corrected chi connectivity index (χ1v) is 5.41. The minimum Gasteiger partial charge on any atom is -0.465 e. The Labute approximate surface area is 94.2 Å². The van der Waals surface area contributed by atoms with E-state index in [1.54, 1.807) is 29.4 Å². The van der Waals surface area contributed by atoms with Crippen LogP contribution < -0.4 is 0 Å². The second-order valence-electron chi connectivity index (χ2n) is 3.97. The van der Waals surface area contributed by atoms with Crippen LogP contribution in [0.1, 0.15) is 12.2 Å². The first kappa shape index (κ1) is 11.0. The van der Waals surface area contributed by atoms with Crippen LogP contribution in [0.3, 0.4) is 0 Å². The van der Waals surface area contributed by atoms with E-state index in [2.05, 4.69) is 0 Å². The molecule has 1 amide bonds. The van der Waals surface area contributed by atoms with E-state index in [9.17, 15) is 4.79 Å². The summed E-state index contributed by atoms with van der Waals surface area (Å²) in [4.78, 5) is 13.5. The Morgan fingerprint density at radius 1 is 1.69 bits per heavy atom. The van der Waals surface area contributed by atoms with Crippen LogP contribution in [0.5, 0.6) is 0 Å².